The van der Waals surface area contributed by atoms with Gasteiger partial charge in [-0.1, -0.05) is 29.8 Å². The molecule has 2 aromatic rings. The number of amides is 1. The van der Waals surface area contributed by atoms with Gasteiger partial charge in [-0.05, 0) is 25.8 Å². The zero-order valence-corrected chi connectivity index (χ0v) is 14.3. The summed E-state index contributed by atoms with van der Waals surface area (Å²) in [5, 5.41) is 2.89. The van der Waals surface area contributed by atoms with Crippen molar-refractivity contribution in [2.45, 2.75) is 33.2 Å². The predicted octanol–water partition coefficient (Wildman–Crippen LogP) is 2.41. The van der Waals surface area contributed by atoms with Gasteiger partial charge in [-0.15, -0.1) is 0 Å². The molecular formula is C18H24N4O. The van der Waals surface area contributed by atoms with Crippen LogP contribution in [0.1, 0.15) is 29.1 Å². The van der Waals surface area contributed by atoms with E-state index in [9.17, 15) is 4.79 Å². The van der Waals surface area contributed by atoms with Crippen LogP contribution < -0.4 is 10.2 Å². The third-order valence-corrected chi connectivity index (χ3v) is 3.51. The lowest BCUT2D eigenvalue weighted by Crippen LogP contribution is -2.25. The molecule has 0 spiro atoms. The van der Waals surface area contributed by atoms with Crippen molar-refractivity contribution < 1.29 is 4.79 Å². The van der Waals surface area contributed by atoms with E-state index in [2.05, 4.69) is 34.3 Å². The summed E-state index contributed by atoms with van der Waals surface area (Å²) >= 11 is 0. The molecule has 5 heteroatoms. The molecule has 0 aliphatic carbocycles. The van der Waals surface area contributed by atoms with E-state index in [0.717, 1.165) is 17.9 Å². The minimum atomic E-state index is 0.0167. The second-order valence-corrected chi connectivity index (χ2v) is 5.94. The molecule has 0 atom stereocenters. The molecule has 122 valence electrons. The Morgan fingerprint density at radius 1 is 1.17 bits per heavy atom. The monoisotopic (exact) mass is 312 g/mol. The predicted molar refractivity (Wildman–Crippen MR) is 92.4 cm³/mol. The summed E-state index contributed by atoms with van der Waals surface area (Å²) in [6.07, 6.45) is 1.21. The van der Waals surface area contributed by atoms with Gasteiger partial charge in [0.05, 0.1) is 6.54 Å². The first-order valence-corrected chi connectivity index (χ1v) is 7.78. The van der Waals surface area contributed by atoms with Crippen molar-refractivity contribution in [3.05, 3.63) is 53.0 Å². The molecule has 0 radical (unpaired) electrons. The molecule has 0 bridgehead atoms. The third-order valence-electron chi connectivity index (χ3n) is 3.51. The average molecular weight is 312 g/mol. The van der Waals surface area contributed by atoms with Crippen LogP contribution in [0.2, 0.25) is 0 Å². The van der Waals surface area contributed by atoms with Crippen molar-refractivity contribution in [1.82, 2.24) is 15.3 Å². The van der Waals surface area contributed by atoms with Crippen LogP contribution in [0.25, 0.3) is 0 Å². The second-order valence-electron chi connectivity index (χ2n) is 5.94. The number of rotatable bonds is 6. The maximum Gasteiger partial charge on any atom is 0.220 e. The Labute approximate surface area is 137 Å². The van der Waals surface area contributed by atoms with Crippen molar-refractivity contribution in [3.8, 4) is 0 Å². The van der Waals surface area contributed by atoms with Crippen LogP contribution in [0.15, 0.2) is 30.3 Å². The lowest BCUT2D eigenvalue weighted by Gasteiger charge is -2.13. The molecule has 0 saturated heterocycles. The fraction of sp³-hybridized carbons (Fsp3) is 0.389. The average Bonchev–Trinajstić information content (AvgIpc) is 2.50. The standard InChI is InChI=1S/C18H24N4O/c1-13-6-5-7-15(10-13)8-9-18(23)19-12-16-20-14(2)11-17(21-16)22(3)4/h5-7,10-11H,8-9,12H2,1-4H3,(H,19,23). The Balaban J connectivity index is 1.87. The molecule has 1 aromatic heterocycles. The van der Waals surface area contributed by atoms with Crippen LogP contribution in [0.5, 0.6) is 0 Å². The zero-order valence-electron chi connectivity index (χ0n) is 14.3. The highest BCUT2D eigenvalue weighted by Crippen LogP contribution is 2.09. The summed E-state index contributed by atoms with van der Waals surface area (Å²) in [6, 6.07) is 10.2. The molecule has 5 nitrogen and oxygen atoms in total. The van der Waals surface area contributed by atoms with E-state index in [1.54, 1.807) is 0 Å². The van der Waals surface area contributed by atoms with Gasteiger partial charge >= 0.3 is 0 Å². The van der Waals surface area contributed by atoms with Gasteiger partial charge in [0, 0.05) is 32.3 Å². The number of carbonyl (C=O) groups excluding carboxylic acids is 1. The molecule has 0 saturated carbocycles. The Bertz CT molecular complexity index is 682. The second kappa shape index (κ2) is 7.72. The van der Waals surface area contributed by atoms with Gasteiger partial charge in [-0.2, -0.15) is 0 Å². The highest BCUT2D eigenvalue weighted by molar-refractivity contribution is 5.76. The molecule has 0 aliphatic heterocycles. The number of aryl methyl sites for hydroxylation is 3. The Morgan fingerprint density at radius 2 is 1.96 bits per heavy atom. The summed E-state index contributed by atoms with van der Waals surface area (Å²) in [5.41, 5.74) is 3.29. The number of nitrogens with zero attached hydrogens (tertiary/aromatic N) is 3. The topological polar surface area (TPSA) is 58.1 Å². The van der Waals surface area contributed by atoms with Crippen LogP contribution in [-0.2, 0) is 17.8 Å². The smallest absolute Gasteiger partial charge is 0.220 e. The highest BCUT2D eigenvalue weighted by Gasteiger charge is 2.07. The maximum atomic E-state index is 12.0. The molecular weight excluding hydrogens is 288 g/mol. The van der Waals surface area contributed by atoms with Gasteiger partial charge < -0.3 is 10.2 Å². The van der Waals surface area contributed by atoms with Gasteiger partial charge in [0.25, 0.3) is 0 Å². The number of aromatic nitrogens is 2. The zero-order chi connectivity index (χ0) is 16.8. The van der Waals surface area contributed by atoms with Gasteiger partial charge in [0.15, 0.2) is 0 Å². The lowest BCUT2D eigenvalue weighted by atomic mass is 10.1. The SMILES string of the molecule is Cc1cccc(CCC(=O)NCc2nc(C)cc(N(C)C)n2)c1. The van der Waals surface area contributed by atoms with Crippen LogP contribution in [0.3, 0.4) is 0 Å². The lowest BCUT2D eigenvalue weighted by molar-refractivity contribution is -0.121. The number of carbonyl (C=O) groups is 1. The number of nitrogens with one attached hydrogen (secondary N) is 1. The van der Waals surface area contributed by atoms with E-state index in [0.29, 0.717) is 18.8 Å². The maximum absolute atomic E-state index is 12.0. The summed E-state index contributed by atoms with van der Waals surface area (Å²) in [4.78, 5) is 22.7. The number of hydrogen-bond acceptors (Lipinski definition) is 4. The first-order chi connectivity index (χ1) is 10.9. The molecule has 2 rings (SSSR count). The molecule has 0 unspecified atom stereocenters. The van der Waals surface area contributed by atoms with Gasteiger partial charge in [0.2, 0.25) is 5.91 Å². The van der Waals surface area contributed by atoms with E-state index in [4.69, 9.17) is 0 Å². The van der Waals surface area contributed by atoms with Crippen LogP contribution in [0.4, 0.5) is 5.82 Å². The first-order valence-electron chi connectivity index (χ1n) is 7.78. The summed E-state index contributed by atoms with van der Waals surface area (Å²) < 4.78 is 0. The van der Waals surface area contributed by atoms with Crippen LogP contribution >= 0.6 is 0 Å². The van der Waals surface area contributed by atoms with Gasteiger partial charge in [-0.25, -0.2) is 9.97 Å². The Hall–Kier alpha value is -2.43. The number of anilines is 1. The summed E-state index contributed by atoms with van der Waals surface area (Å²) in [6.45, 7) is 4.34. The van der Waals surface area contributed by atoms with Crippen molar-refractivity contribution in [2.24, 2.45) is 0 Å². The van der Waals surface area contributed by atoms with E-state index >= 15 is 0 Å². The van der Waals surface area contributed by atoms with Crippen molar-refractivity contribution in [3.63, 3.8) is 0 Å². The van der Waals surface area contributed by atoms with E-state index < -0.39 is 0 Å². The Morgan fingerprint density at radius 3 is 2.65 bits per heavy atom. The van der Waals surface area contributed by atoms with Crippen molar-refractivity contribution in [1.29, 1.82) is 0 Å². The highest BCUT2D eigenvalue weighted by atomic mass is 16.1. The normalized spacial score (nSPS) is 10.4. The van der Waals surface area contributed by atoms with Crippen molar-refractivity contribution >= 4 is 11.7 Å². The molecule has 23 heavy (non-hydrogen) atoms. The van der Waals surface area contributed by atoms with E-state index in [1.165, 1.54) is 11.1 Å². The van der Waals surface area contributed by atoms with E-state index in [-0.39, 0.29) is 5.91 Å². The molecule has 1 heterocycles. The van der Waals surface area contributed by atoms with Crippen LogP contribution in [-0.4, -0.2) is 30.0 Å². The number of benzene rings is 1. The first kappa shape index (κ1) is 16.9. The Kier molecular flexibility index (Phi) is 5.68. The van der Waals surface area contributed by atoms with Crippen molar-refractivity contribution in [2.75, 3.05) is 19.0 Å². The minimum absolute atomic E-state index is 0.0167. The molecule has 1 aromatic carbocycles. The summed E-state index contributed by atoms with van der Waals surface area (Å²) in [5.74, 6) is 1.50. The number of hydrogen-bond donors (Lipinski definition) is 1. The fourth-order valence-corrected chi connectivity index (χ4v) is 2.31. The fourth-order valence-electron chi connectivity index (χ4n) is 2.31. The molecule has 1 N–H and O–H groups in total. The van der Waals surface area contributed by atoms with E-state index in [1.807, 2.05) is 44.1 Å². The third kappa shape index (κ3) is 5.36. The molecule has 1 amide bonds. The van der Waals surface area contributed by atoms with Gasteiger partial charge in [0.1, 0.15) is 11.6 Å². The van der Waals surface area contributed by atoms with Crippen LogP contribution in [0, 0.1) is 13.8 Å². The minimum Gasteiger partial charge on any atom is -0.363 e. The molecule has 0 fully saturated rings. The molecule has 0 aliphatic rings. The quantitative estimate of drug-likeness (QED) is 0.890. The van der Waals surface area contributed by atoms with Gasteiger partial charge in [-0.3, -0.25) is 4.79 Å². The largest absolute Gasteiger partial charge is 0.363 e. The summed E-state index contributed by atoms with van der Waals surface area (Å²) in [7, 11) is 3.87.